The summed E-state index contributed by atoms with van der Waals surface area (Å²) >= 11 is 1.71. The summed E-state index contributed by atoms with van der Waals surface area (Å²) in [7, 11) is 0. The van der Waals surface area contributed by atoms with Gasteiger partial charge in [-0.05, 0) is 18.2 Å². The quantitative estimate of drug-likeness (QED) is 0.907. The lowest BCUT2D eigenvalue weighted by atomic mass is 9.99. The van der Waals surface area contributed by atoms with Crippen molar-refractivity contribution in [3.05, 3.63) is 35.9 Å². The lowest BCUT2D eigenvalue weighted by Gasteiger charge is -2.39. The topological polar surface area (TPSA) is 49.4 Å². The van der Waals surface area contributed by atoms with Crippen LogP contribution in [0, 0.1) is 0 Å². The fourth-order valence-corrected chi connectivity index (χ4v) is 2.92. The van der Waals surface area contributed by atoms with E-state index >= 15 is 0 Å². The smallest absolute Gasteiger partial charge is 0.250 e. The number of carbonyl (C=O) groups is 2. The van der Waals surface area contributed by atoms with Crippen molar-refractivity contribution in [3.63, 3.8) is 0 Å². The summed E-state index contributed by atoms with van der Waals surface area (Å²) in [4.78, 5) is 26.9. The molecular formula is C16H22N2O2S. The monoisotopic (exact) mass is 306 g/mol. The summed E-state index contributed by atoms with van der Waals surface area (Å²) in [6, 6.07) is 8.52. The van der Waals surface area contributed by atoms with E-state index in [0.717, 1.165) is 5.56 Å². The minimum atomic E-state index is -0.560. The Morgan fingerprint density at radius 1 is 1.29 bits per heavy atom. The first-order valence-corrected chi connectivity index (χ1v) is 8.55. The Balaban J connectivity index is 2.27. The van der Waals surface area contributed by atoms with Crippen LogP contribution in [0.15, 0.2) is 30.3 Å². The molecule has 3 unspecified atom stereocenters. The maximum absolute atomic E-state index is 12.8. The normalized spacial score (nSPS) is 23.9. The van der Waals surface area contributed by atoms with E-state index in [-0.39, 0.29) is 17.9 Å². The zero-order chi connectivity index (χ0) is 15.4. The van der Waals surface area contributed by atoms with Crippen molar-refractivity contribution in [2.24, 2.45) is 0 Å². The Labute approximate surface area is 130 Å². The molecule has 0 aliphatic carbocycles. The third kappa shape index (κ3) is 3.40. The first-order chi connectivity index (χ1) is 10.1. The SMILES string of the molecule is CCC1C(=O)NC(c2ccccc2)C(=O)N1CC(C)SC. The van der Waals surface area contributed by atoms with Gasteiger partial charge in [0.2, 0.25) is 5.91 Å². The van der Waals surface area contributed by atoms with Crippen LogP contribution >= 0.6 is 11.8 Å². The minimum absolute atomic E-state index is 0.00597. The molecule has 0 radical (unpaired) electrons. The van der Waals surface area contributed by atoms with Gasteiger partial charge < -0.3 is 10.2 Å². The van der Waals surface area contributed by atoms with Gasteiger partial charge in [-0.25, -0.2) is 0 Å². The fourth-order valence-electron chi connectivity index (χ4n) is 2.61. The van der Waals surface area contributed by atoms with Crippen molar-refractivity contribution in [1.82, 2.24) is 10.2 Å². The van der Waals surface area contributed by atoms with Gasteiger partial charge in [-0.3, -0.25) is 9.59 Å². The number of amides is 2. The lowest BCUT2D eigenvalue weighted by Crippen LogP contribution is -2.60. The third-order valence-corrected chi connectivity index (χ3v) is 4.83. The van der Waals surface area contributed by atoms with E-state index in [0.29, 0.717) is 18.2 Å². The number of piperazine rings is 1. The molecule has 5 heteroatoms. The Morgan fingerprint density at radius 2 is 1.95 bits per heavy atom. The zero-order valence-electron chi connectivity index (χ0n) is 12.7. The molecule has 114 valence electrons. The van der Waals surface area contributed by atoms with Gasteiger partial charge in [0.25, 0.3) is 5.91 Å². The van der Waals surface area contributed by atoms with Crippen LogP contribution in [0.25, 0.3) is 0 Å². The van der Waals surface area contributed by atoms with Crippen molar-refractivity contribution >= 4 is 23.6 Å². The number of carbonyl (C=O) groups excluding carboxylic acids is 2. The molecule has 1 heterocycles. The molecule has 2 amide bonds. The molecule has 1 aromatic carbocycles. The van der Waals surface area contributed by atoms with Crippen molar-refractivity contribution in [1.29, 1.82) is 0 Å². The molecular weight excluding hydrogens is 284 g/mol. The summed E-state index contributed by atoms with van der Waals surface area (Å²) in [5.74, 6) is -0.0622. The molecule has 1 N–H and O–H groups in total. The molecule has 21 heavy (non-hydrogen) atoms. The van der Waals surface area contributed by atoms with Gasteiger partial charge in [-0.15, -0.1) is 0 Å². The van der Waals surface area contributed by atoms with Crippen molar-refractivity contribution in [3.8, 4) is 0 Å². The van der Waals surface area contributed by atoms with Gasteiger partial charge >= 0.3 is 0 Å². The van der Waals surface area contributed by atoms with E-state index in [9.17, 15) is 9.59 Å². The van der Waals surface area contributed by atoms with Gasteiger partial charge in [-0.1, -0.05) is 44.2 Å². The van der Waals surface area contributed by atoms with Crippen molar-refractivity contribution in [2.75, 3.05) is 12.8 Å². The predicted octanol–water partition coefficient (Wildman–Crippen LogP) is 2.22. The molecule has 0 saturated carbocycles. The largest absolute Gasteiger partial charge is 0.339 e. The number of rotatable bonds is 5. The second kappa shape index (κ2) is 6.98. The first-order valence-electron chi connectivity index (χ1n) is 7.27. The molecule has 0 spiro atoms. The van der Waals surface area contributed by atoms with Gasteiger partial charge in [0, 0.05) is 11.8 Å². The Bertz CT molecular complexity index is 506. The molecule has 1 aliphatic rings. The van der Waals surface area contributed by atoms with Crippen LogP contribution in [0.3, 0.4) is 0 Å². The van der Waals surface area contributed by atoms with Crippen LogP contribution in [0.5, 0.6) is 0 Å². The maximum Gasteiger partial charge on any atom is 0.250 e. The number of hydrogen-bond donors (Lipinski definition) is 1. The molecule has 1 aromatic rings. The summed E-state index contributed by atoms with van der Waals surface area (Å²) in [6.07, 6.45) is 2.66. The first kappa shape index (κ1) is 15.9. The number of hydrogen-bond acceptors (Lipinski definition) is 3. The molecule has 1 saturated heterocycles. The summed E-state index contributed by atoms with van der Waals surface area (Å²) in [5.41, 5.74) is 0.840. The molecule has 0 aromatic heterocycles. The highest BCUT2D eigenvalue weighted by Crippen LogP contribution is 2.24. The number of nitrogens with one attached hydrogen (secondary N) is 1. The average molecular weight is 306 g/mol. The lowest BCUT2D eigenvalue weighted by molar-refractivity contribution is -0.149. The average Bonchev–Trinajstić information content (AvgIpc) is 2.51. The zero-order valence-corrected chi connectivity index (χ0v) is 13.5. The van der Waals surface area contributed by atoms with Gasteiger partial charge in [0.05, 0.1) is 0 Å². The van der Waals surface area contributed by atoms with Crippen LogP contribution < -0.4 is 5.32 Å². The summed E-state index contributed by atoms with van der Waals surface area (Å²) in [6.45, 7) is 4.63. The maximum atomic E-state index is 12.8. The second-order valence-corrected chi connectivity index (χ2v) is 6.59. The highest BCUT2D eigenvalue weighted by Gasteiger charge is 2.40. The predicted molar refractivity (Wildman–Crippen MR) is 86.1 cm³/mol. The molecule has 1 fully saturated rings. The van der Waals surface area contributed by atoms with Crippen LogP contribution in [-0.2, 0) is 9.59 Å². The van der Waals surface area contributed by atoms with Crippen LogP contribution in [0.1, 0.15) is 31.9 Å². The van der Waals surface area contributed by atoms with Crippen LogP contribution in [0.4, 0.5) is 0 Å². The van der Waals surface area contributed by atoms with Crippen LogP contribution in [0.2, 0.25) is 0 Å². The Kier molecular flexibility index (Phi) is 5.28. The third-order valence-electron chi connectivity index (χ3n) is 3.87. The molecule has 1 aliphatic heterocycles. The number of nitrogens with zero attached hydrogens (tertiary/aromatic N) is 1. The molecule has 4 nitrogen and oxygen atoms in total. The van der Waals surface area contributed by atoms with E-state index in [1.807, 2.05) is 43.5 Å². The summed E-state index contributed by atoms with van der Waals surface area (Å²) in [5, 5.41) is 3.18. The summed E-state index contributed by atoms with van der Waals surface area (Å²) < 4.78 is 0. The minimum Gasteiger partial charge on any atom is -0.339 e. The second-order valence-electron chi connectivity index (χ2n) is 5.31. The molecule has 3 atom stereocenters. The van der Waals surface area contributed by atoms with Crippen molar-refractivity contribution in [2.45, 2.75) is 37.6 Å². The number of thioether (sulfide) groups is 1. The van der Waals surface area contributed by atoms with E-state index in [1.54, 1.807) is 16.7 Å². The standard InChI is InChI=1S/C16H22N2O2S/c1-4-13-15(19)17-14(12-8-6-5-7-9-12)16(20)18(13)10-11(2)21-3/h5-9,11,13-14H,4,10H2,1-3H3,(H,17,19). The van der Waals surface area contributed by atoms with E-state index in [4.69, 9.17) is 0 Å². The van der Waals surface area contributed by atoms with Gasteiger partial charge in [0.1, 0.15) is 12.1 Å². The molecule has 0 bridgehead atoms. The Morgan fingerprint density at radius 3 is 2.52 bits per heavy atom. The van der Waals surface area contributed by atoms with Crippen molar-refractivity contribution < 1.29 is 9.59 Å². The van der Waals surface area contributed by atoms with Gasteiger partial charge in [0.15, 0.2) is 0 Å². The van der Waals surface area contributed by atoms with E-state index in [2.05, 4.69) is 12.2 Å². The number of benzene rings is 1. The Hall–Kier alpha value is -1.49. The fraction of sp³-hybridized carbons (Fsp3) is 0.500. The van der Waals surface area contributed by atoms with E-state index < -0.39 is 6.04 Å². The van der Waals surface area contributed by atoms with Crippen LogP contribution in [-0.4, -0.2) is 40.8 Å². The van der Waals surface area contributed by atoms with E-state index in [1.165, 1.54) is 0 Å². The van der Waals surface area contributed by atoms with Gasteiger partial charge in [-0.2, -0.15) is 11.8 Å². The highest BCUT2D eigenvalue weighted by molar-refractivity contribution is 7.99. The highest BCUT2D eigenvalue weighted by atomic mass is 32.2. The molecule has 2 rings (SSSR count).